The minimum atomic E-state index is 0.339. The molecule has 0 spiro atoms. The molecule has 0 aromatic heterocycles. The molecule has 0 bridgehead atoms. The highest BCUT2D eigenvalue weighted by molar-refractivity contribution is 4.83. The van der Waals surface area contributed by atoms with Gasteiger partial charge in [0.05, 0.1) is 12.7 Å². The summed E-state index contributed by atoms with van der Waals surface area (Å²) < 4.78 is 5.67. The van der Waals surface area contributed by atoms with E-state index in [0.717, 1.165) is 32.8 Å². The van der Waals surface area contributed by atoms with Crippen LogP contribution in [0, 0.1) is 0 Å². The van der Waals surface area contributed by atoms with Crippen LogP contribution in [0.2, 0.25) is 0 Å². The van der Waals surface area contributed by atoms with Crippen molar-refractivity contribution >= 4 is 0 Å². The van der Waals surface area contributed by atoms with Gasteiger partial charge in [-0.3, -0.25) is 4.90 Å². The highest BCUT2D eigenvalue weighted by Gasteiger charge is 2.18. The maximum absolute atomic E-state index is 5.67. The number of likely N-dealkylation sites (N-methyl/N-ethyl adjacent to an activating group) is 1. The van der Waals surface area contributed by atoms with Crippen molar-refractivity contribution in [1.29, 1.82) is 0 Å². The lowest BCUT2D eigenvalue weighted by Crippen LogP contribution is -2.47. The predicted octanol–water partition coefficient (Wildman–Crippen LogP) is 0.871. The van der Waals surface area contributed by atoms with Crippen molar-refractivity contribution in [2.24, 2.45) is 0 Å². The maximum Gasteiger partial charge on any atom is 0.0826 e. The summed E-state index contributed by atoms with van der Waals surface area (Å²) in [6.45, 7) is 13.1. The van der Waals surface area contributed by atoms with E-state index in [0.29, 0.717) is 12.1 Å². The molecule has 1 fully saturated rings. The van der Waals surface area contributed by atoms with Gasteiger partial charge in [0, 0.05) is 25.7 Å². The Balaban J connectivity index is 2.20. The Morgan fingerprint density at radius 3 is 3.14 bits per heavy atom. The van der Waals surface area contributed by atoms with Crippen LogP contribution in [0.25, 0.3) is 0 Å². The number of rotatable bonds is 5. The summed E-state index contributed by atoms with van der Waals surface area (Å²) in [6.07, 6.45) is 2.26. The summed E-state index contributed by atoms with van der Waals surface area (Å²) in [7, 11) is 0. The number of morpholine rings is 1. The second-order valence-corrected chi connectivity index (χ2v) is 3.82. The van der Waals surface area contributed by atoms with Gasteiger partial charge in [-0.1, -0.05) is 13.0 Å². The topological polar surface area (TPSA) is 24.5 Å². The summed E-state index contributed by atoms with van der Waals surface area (Å²) in [6, 6.07) is 0.371. The van der Waals surface area contributed by atoms with Gasteiger partial charge in [-0.05, 0) is 13.5 Å². The zero-order valence-electron chi connectivity index (χ0n) is 9.33. The van der Waals surface area contributed by atoms with Gasteiger partial charge in [0.25, 0.3) is 0 Å². The van der Waals surface area contributed by atoms with Crippen molar-refractivity contribution in [1.82, 2.24) is 10.2 Å². The quantitative estimate of drug-likeness (QED) is 0.663. The Bertz CT molecular complexity index is 173. The molecule has 3 nitrogen and oxygen atoms in total. The number of hydrogen-bond acceptors (Lipinski definition) is 3. The average Bonchev–Trinajstić information content (AvgIpc) is 2.26. The van der Waals surface area contributed by atoms with Crippen molar-refractivity contribution in [3.05, 3.63) is 12.7 Å². The minimum Gasteiger partial charge on any atom is -0.374 e. The van der Waals surface area contributed by atoms with Crippen molar-refractivity contribution in [3.63, 3.8) is 0 Å². The van der Waals surface area contributed by atoms with Gasteiger partial charge in [0.1, 0.15) is 0 Å². The highest BCUT2D eigenvalue weighted by Crippen LogP contribution is 2.03. The van der Waals surface area contributed by atoms with Gasteiger partial charge in [0.2, 0.25) is 0 Å². The third-order valence-corrected chi connectivity index (χ3v) is 2.69. The van der Waals surface area contributed by atoms with Crippen LogP contribution in [0.4, 0.5) is 0 Å². The second-order valence-electron chi connectivity index (χ2n) is 3.82. The van der Waals surface area contributed by atoms with Crippen molar-refractivity contribution in [2.45, 2.75) is 26.0 Å². The lowest BCUT2D eigenvalue weighted by molar-refractivity contribution is -0.0256. The number of nitrogens with zero attached hydrogens (tertiary/aromatic N) is 1. The molecule has 2 atom stereocenters. The van der Waals surface area contributed by atoms with Gasteiger partial charge in [0.15, 0.2) is 0 Å². The zero-order chi connectivity index (χ0) is 10.4. The molecule has 1 aliphatic heterocycles. The van der Waals surface area contributed by atoms with Crippen LogP contribution in [-0.2, 0) is 4.74 Å². The summed E-state index contributed by atoms with van der Waals surface area (Å²) in [5, 5.41) is 3.38. The summed E-state index contributed by atoms with van der Waals surface area (Å²) in [5.41, 5.74) is 0. The van der Waals surface area contributed by atoms with Gasteiger partial charge >= 0.3 is 0 Å². The summed E-state index contributed by atoms with van der Waals surface area (Å²) in [4.78, 5) is 2.43. The average molecular weight is 198 g/mol. The molecule has 0 radical (unpaired) electrons. The first-order valence-corrected chi connectivity index (χ1v) is 5.46. The molecule has 0 amide bonds. The fourth-order valence-electron chi connectivity index (χ4n) is 1.59. The van der Waals surface area contributed by atoms with E-state index in [4.69, 9.17) is 4.74 Å². The van der Waals surface area contributed by atoms with Crippen molar-refractivity contribution in [2.75, 3.05) is 32.8 Å². The third kappa shape index (κ3) is 3.78. The van der Waals surface area contributed by atoms with Crippen LogP contribution >= 0.6 is 0 Å². The van der Waals surface area contributed by atoms with Gasteiger partial charge in [-0.25, -0.2) is 0 Å². The predicted molar refractivity (Wildman–Crippen MR) is 59.5 cm³/mol. The van der Waals surface area contributed by atoms with Gasteiger partial charge < -0.3 is 10.1 Å². The largest absolute Gasteiger partial charge is 0.374 e. The first-order chi connectivity index (χ1) is 6.76. The Hall–Kier alpha value is -0.380. The molecule has 0 saturated carbocycles. The highest BCUT2D eigenvalue weighted by atomic mass is 16.5. The van der Waals surface area contributed by atoms with Gasteiger partial charge in [-0.15, -0.1) is 6.58 Å². The molecule has 2 unspecified atom stereocenters. The molecule has 0 aromatic rings. The summed E-state index contributed by atoms with van der Waals surface area (Å²) >= 11 is 0. The SMILES string of the molecule is C=CC(C)NCC1CN(CC)CCO1. The Labute approximate surface area is 87.1 Å². The molecule has 1 rings (SSSR count). The molecular formula is C11H22N2O. The molecule has 1 aliphatic rings. The van der Waals surface area contributed by atoms with Crippen LogP contribution in [0.5, 0.6) is 0 Å². The third-order valence-electron chi connectivity index (χ3n) is 2.69. The molecule has 1 heterocycles. The van der Waals surface area contributed by atoms with Crippen LogP contribution < -0.4 is 5.32 Å². The lowest BCUT2D eigenvalue weighted by atomic mass is 10.2. The van der Waals surface area contributed by atoms with E-state index >= 15 is 0 Å². The monoisotopic (exact) mass is 198 g/mol. The number of hydrogen-bond donors (Lipinski definition) is 1. The molecule has 0 aromatic carbocycles. The standard InChI is InChI=1S/C11H22N2O/c1-4-10(3)12-8-11-9-13(5-2)6-7-14-11/h4,10-12H,1,5-9H2,2-3H3. The first kappa shape index (κ1) is 11.7. The minimum absolute atomic E-state index is 0.339. The Morgan fingerprint density at radius 2 is 2.50 bits per heavy atom. The normalized spacial score (nSPS) is 26.0. The molecule has 0 aliphatic carbocycles. The molecular weight excluding hydrogens is 176 g/mol. The Morgan fingerprint density at radius 1 is 1.71 bits per heavy atom. The van der Waals surface area contributed by atoms with Crippen molar-refractivity contribution in [3.8, 4) is 0 Å². The van der Waals surface area contributed by atoms with Crippen LogP contribution in [0.3, 0.4) is 0 Å². The van der Waals surface area contributed by atoms with Crippen molar-refractivity contribution < 1.29 is 4.74 Å². The molecule has 1 N–H and O–H groups in total. The smallest absolute Gasteiger partial charge is 0.0826 e. The van der Waals surface area contributed by atoms with E-state index in [2.05, 4.69) is 30.6 Å². The second kappa shape index (κ2) is 6.17. The Kier molecular flexibility index (Phi) is 5.15. The van der Waals surface area contributed by atoms with E-state index in [1.807, 2.05) is 6.08 Å². The van der Waals surface area contributed by atoms with E-state index in [-0.39, 0.29) is 0 Å². The van der Waals surface area contributed by atoms with E-state index in [1.165, 1.54) is 0 Å². The molecule has 1 saturated heterocycles. The fraction of sp³-hybridized carbons (Fsp3) is 0.818. The number of ether oxygens (including phenoxy) is 1. The molecule has 3 heteroatoms. The van der Waals surface area contributed by atoms with Gasteiger partial charge in [-0.2, -0.15) is 0 Å². The van der Waals surface area contributed by atoms with Crippen LogP contribution in [-0.4, -0.2) is 49.8 Å². The maximum atomic E-state index is 5.67. The molecule has 14 heavy (non-hydrogen) atoms. The molecule has 82 valence electrons. The number of nitrogens with one attached hydrogen (secondary N) is 1. The fourth-order valence-corrected chi connectivity index (χ4v) is 1.59. The summed E-state index contributed by atoms with van der Waals surface area (Å²) in [5.74, 6) is 0. The zero-order valence-corrected chi connectivity index (χ0v) is 9.33. The van der Waals surface area contributed by atoms with E-state index in [9.17, 15) is 0 Å². The van der Waals surface area contributed by atoms with E-state index < -0.39 is 0 Å². The van der Waals surface area contributed by atoms with E-state index in [1.54, 1.807) is 0 Å². The van der Waals surface area contributed by atoms with Crippen LogP contribution in [0.1, 0.15) is 13.8 Å². The lowest BCUT2D eigenvalue weighted by Gasteiger charge is -2.32. The van der Waals surface area contributed by atoms with Crippen LogP contribution in [0.15, 0.2) is 12.7 Å². The first-order valence-electron chi connectivity index (χ1n) is 5.46.